The summed E-state index contributed by atoms with van der Waals surface area (Å²) >= 11 is 0. The highest BCUT2D eigenvalue weighted by atomic mass is 16.6. The molecule has 2 aromatic rings. The molecule has 3 unspecified atom stereocenters. The van der Waals surface area contributed by atoms with Crippen LogP contribution < -0.4 is 16.2 Å². The van der Waals surface area contributed by atoms with Crippen molar-refractivity contribution >= 4 is 11.7 Å². The molecule has 3 atom stereocenters. The van der Waals surface area contributed by atoms with E-state index in [1.165, 1.54) is 0 Å². The fraction of sp³-hybridized carbons (Fsp3) is 0.150. The van der Waals surface area contributed by atoms with Crippen LogP contribution in [-0.2, 0) is 10.3 Å². The molecule has 0 saturated heterocycles. The SMILES string of the molecule is NC1=CC2C(C=C1)Oc1cc(N)ccc1C21OC(=O)c2ccccc21. The third kappa shape index (κ3) is 1.75. The minimum absolute atomic E-state index is 0.249. The minimum atomic E-state index is -0.963. The average molecular weight is 332 g/mol. The lowest BCUT2D eigenvalue weighted by Gasteiger charge is -2.45. The quantitative estimate of drug-likeness (QED) is 0.571. The van der Waals surface area contributed by atoms with E-state index in [9.17, 15) is 4.79 Å². The number of rotatable bonds is 0. The van der Waals surface area contributed by atoms with Gasteiger partial charge < -0.3 is 20.9 Å². The van der Waals surface area contributed by atoms with Crippen molar-refractivity contribution in [1.29, 1.82) is 0 Å². The Bertz CT molecular complexity index is 979. The van der Waals surface area contributed by atoms with Crippen LogP contribution in [0.25, 0.3) is 0 Å². The Morgan fingerprint density at radius 1 is 1.04 bits per heavy atom. The highest BCUT2D eigenvalue weighted by Gasteiger charge is 2.58. The van der Waals surface area contributed by atoms with Gasteiger partial charge in [0.1, 0.15) is 11.9 Å². The van der Waals surface area contributed by atoms with E-state index in [4.69, 9.17) is 20.9 Å². The molecule has 4 N–H and O–H groups in total. The van der Waals surface area contributed by atoms with Crippen molar-refractivity contribution in [2.24, 2.45) is 11.7 Å². The first-order valence-electron chi connectivity index (χ1n) is 8.14. The maximum absolute atomic E-state index is 12.6. The number of ether oxygens (including phenoxy) is 2. The number of hydrogen-bond acceptors (Lipinski definition) is 5. The van der Waals surface area contributed by atoms with Crippen molar-refractivity contribution < 1.29 is 14.3 Å². The van der Waals surface area contributed by atoms with E-state index in [-0.39, 0.29) is 18.0 Å². The van der Waals surface area contributed by atoms with Gasteiger partial charge in [0.2, 0.25) is 0 Å². The van der Waals surface area contributed by atoms with Crippen molar-refractivity contribution in [3.8, 4) is 5.75 Å². The molecule has 2 aromatic carbocycles. The van der Waals surface area contributed by atoms with Crippen molar-refractivity contribution in [2.45, 2.75) is 11.7 Å². The van der Waals surface area contributed by atoms with Gasteiger partial charge in [0.25, 0.3) is 0 Å². The van der Waals surface area contributed by atoms with Crippen LogP contribution in [0.2, 0.25) is 0 Å². The molecule has 0 fully saturated rings. The monoisotopic (exact) mass is 332 g/mol. The Kier molecular flexibility index (Phi) is 2.64. The zero-order valence-electron chi connectivity index (χ0n) is 13.3. The third-order valence-electron chi connectivity index (χ3n) is 5.14. The van der Waals surface area contributed by atoms with Crippen LogP contribution >= 0.6 is 0 Å². The Labute approximate surface area is 144 Å². The van der Waals surface area contributed by atoms with Crippen LogP contribution in [0, 0.1) is 5.92 Å². The van der Waals surface area contributed by atoms with Gasteiger partial charge in [0.15, 0.2) is 5.60 Å². The van der Waals surface area contributed by atoms with Gasteiger partial charge in [-0.3, -0.25) is 0 Å². The van der Waals surface area contributed by atoms with Crippen molar-refractivity contribution in [2.75, 3.05) is 5.73 Å². The highest BCUT2D eigenvalue weighted by Crippen LogP contribution is 2.55. The van der Waals surface area contributed by atoms with Crippen LogP contribution in [-0.4, -0.2) is 12.1 Å². The van der Waals surface area contributed by atoms with Crippen LogP contribution in [0.1, 0.15) is 21.5 Å². The standard InChI is InChI=1S/C20H16N2O3/c21-11-6-8-17-16(9-11)20(15-7-5-12(22)10-18(15)24-17)14-4-2-1-3-13(14)19(23)25-20/h1-10,16-17H,21-22H2. The molecule has 1 spiro atoms. The molecule has 0 amide bonds. The number of hydrogen-bond donors (Lipinski definition) is 2. The number of esters is 1. The number of allylic oxidation sites excluding steroid dienone is 1. The van der Waals surface area contributed by atoms with E-state index in [1.54, 1.807) is 18.2 Å². The molecular formula is C20H16N2O3. The topological polar surface area (TPSA) is 87.6 Å². The molecule has 0 saturated carbocycles. The Morgan fingerprint density at radius 3 is 2.76 bits per heavy atom. The predicted octanol–water partition coefficient (Wildman–Crippen LogP) is 2.47. The van der Waals surface area contributed by atoms with Crippen LogP contribution in [0.4, 0.5) is 5.69 Å². The summed E-state index contributed by atoms with van der Waals surface area (Å²) < 4.78 is 12.2. The summed E-state index contributed by atoms with van der Waals surface area (Å²) in [6.45, 7) is 0. The summed E-state index contributed by atoms with van der Waals surface area (Å²) in [5.74, 6) is 0.0473. The van der Waals surface area contributed by atoms with Gasteiger partial charge in [-0.1, -0.05) is 18.2 Å². The predicted molar refractivity (Wildman–Crippen MR) is 92.8 cm³/mol. The lowest BCUT2D eigenvalue weighted by atomic mass is 9.70. The lowest BCUT2D eigenvalue weighted by molar-refractivity contribution is -0.0418. The fourth-order valence-corrected chi connectivity index (χ4v) is 4.10. The molecule has 5 nitrogen and oxygen atoms in total. The molecule has 1 aliphatic carbocycles. The Morgan fingerprint density at radius 2 is 1.88 bits per heavy atom. The molecule has 25 heavy (non-hydrogen) atoms. The molecular weight excluding hydrogens is 316 g/mol. The second-order valence-electron chi connectivity index (χ2n) is 6.56. The van der Waals surface area contributed by atoms with Gasteiger partial charge in [0.05, 0.1) is 11.5 Å². The van der Waals surface area contributed by atoms with Crippen LogP contribution in [0.15, 0.2) is 66.4 Å². The second kappa shape index (κ2) is 4.66. The molecule has 5 rings (SSSR count). The number of carbonyl (C=O) groups is 1. The van der Waals surface area contributed by atoms with E-state index in [0.29, 0.717) is 22.7 Å². The molecule has 0 bridgehead atoms. The first-order valence-corrected chi connectivity index (χ1v) is 8.14. The maximum Gasteiger partial charge on any atom is 0.339 e. The zero-order chi connectivity index (χ0) is 17.2. The largest absolute Gasteiger partial charge is 0.485 e. The molecule has 2 aliphatic heterocycles. The number of nitrogens with two attached hydrogens (primary N) is 2. The summed E-state index contributed by atoms with van der Waals surface area (Å²) in [5.41, 5.74) is 14.5. The van der Waals surface area contributed by atoms with E-state index >= 15 is 0 Å². The number of nitrogen functional groups attached to an aromatic ring is 1. The first kappa shape index (κ1) is 14.2. The number of carbonyl (C=O) groups excluding carboxylic acids is 1. The van der Waals surface area contributed by atoms with Gasteiger partial charge in [-0.15, -0.1) is 0 Å². The summed E-state index contributed by atoms with van der Waals surface area (Å²) in [4.78, 5) is 12.6. The highest BCUT2D eigenvalue weighted by molar-refractivity contribution is 5.96. The normalized spacial score (nSPS) is 28.5. The average Bonchev–Trinajstić information content (AvgIpc) is 2.90. The first-order chi connectivity index (χ1) is 12.1. The van der Waals surface area contributed by atoms with Gasteiger partial charge in [0, 0.05) is 28.6 Å². The molecule has 3 aliphatic rings. The third-order valence-corrected chi connectivity index (χ3v) is 5.14. The van der Waals surface area contributed by atoms with Crippen LogP contribution in [0.3, 0.4) is 0 Å². The van der Waals surface area contributed by atoms with Gasteiger partial charge in [-0.05, 0) is 36.4 Å². The number of benzene rings is 2. The van der Waals surface area contributed by atoms with Crippen LogP contribution in [0.5, 0.6) is 5.75 Å². The Hall–Kier alpha value is -3.21. The number of fused-ring (bicyclic) bond motifs is 6. The van der Waals surface area contributed by atoms with E-state index < -0.39 is 5.60 Å². The van der Waals surface area contributed by atoms with E-state index in [2.05, 4.69) is 0 Å². The smallest absolute Gasteiger partial charge is 0.339 e. The fourth-order valence-electron chi connectivity index (χ4n) is 4.10. The minimum Gasteiger partial charge on any atom is -0.485 e. The second-order valence-corrected chi connectivity index (χ2v) is 6.56. The summed E-state index contributed by atoms with van der Waals surface area (Å²) in [6.07, 6.45) is 5.34. The summed E-state index contributed by atoms with van der Waals surface area (Å²) in [7, 11) is 0. The zero-order valence-corrected chi connectivity index (χ0v) is 13.3. The molecule has 0 aromatic heterocycles. The molecule has 0 radical (unpaired) electrons. The summed E-state index contributed by atoms with van der Waals surface area (Å²) in [5, 5.41) is 0. The van der Waals surface area contributed by atoms with Gasteiger partial charge >= 0.3 is 5.97 Å². The maximum atomic E-state index is 12.6. The van der Waals surface area contributed by atoms with E-state index in [0.717, 1.165) is 11.1 Å². The molecule has 5 heteroatoms. The van der Waals surface area contributed by atoms with Crippen molar-refractivity contribution in [1.82, 2.24) is 0 Å². The Balaban J connectivity index is 1.85. The van der Waals surface area contributed by atoms with Crippen molar-refractivity contribution in [3.63, 3.8) is 0 Å². The number of anilines is 1. The van der Waals surface area contributed by atoms with Gasteiger partial charge in [-0.25, -0.2) is 4.79 Å². The van der Waals surface area contributed by atoms with E-state index in [1.807, 2.05) is 42.5 Å². The lowest BCUT2D eigenvalue weighted by Crippen LogP contribution is -2.48. The van der Waals surface area contributed by atoms with Gasteiger partial charge in [-0.2, -0.15) is 0 Å². The van der Waals surface area contributed by atoms with Crippen molar-refractivity contribution in [3.05, 3.63) is 83.1 Å². The molecule has 2 heterocycles. The molecule has 124 valence electrons. The summed E-state index contributed by atoms with van der Waals surface area (Å²) in [6, 6.07) is 12.9.